The number of pyridine rings is 1. The van der Waals surface area contributed by atoms with E-state index in [0.717, 1.165) is 11.3 Å². The Hall–Kier alpha value is -3.52. The highest BCUT2D eigenvalue weighted by Gasteiger charge is 2.27. The highest BCUT2D eigenvalue weighted by atomic mass is 35.5. The van der Waals surface area contributed by atoms with E-state index in [-0.39, 0.29) is 28.6 Å². The molecular weight excluding hydrogens is 476 g/mol. The summed E-state index contributed by atoms with van der Waals surface area (Å²) in [6.07, 6.45) is 4.41. The van der Waals surface area contributed by atoms with Gasteiger partial charge in [0, 0.05) is 42.1 Å². The Morgan fingerprint density at radius 2 is 1.91 bits per heavy atom. The molecule has 0 spiro atoms. The van der Waals surface area contributed by atoms with E-state index >= 15 is 0 Å². The molecule has 1 saturated carbocycles. The van der Waals surface area contributed by atoms with Gasteiger partial charge in [-0.15, -0.1) is 0 Å². The first kappa shape index (κ1) is 23.2. The summed E-state index contributed by atoms with van der Waals surface area (Å²) in [5, 5.41) is 5.16. The molecule has 1 fully saturated rings. The third-order valence-electron chi connectivity index (χ3n) is 6.07. The third kappa shape index (κ3) is 4.71. The Bertz CT molecular complexity index is 1420. The van der Waals surface area contributed by atoms with Crippen LogP contribution in [-0.4, -0.2) is 27.3 Å². The van der Waals surface area contributed by atoms with Crippen LogP contribution in [0.2, 0.25) is 5.02 Å². The highest BCUT2D eigenvalue weighted by Crippen LogP contribution is 2.41. The van der Waals surface area contributed by atoms with Crippen LogP contribution in [0.4, 0.5) is 8.78 Å². The van der Waals surface area contributed by atoms with Crippen LogP contribution in [0.3, 0.4) is 0 Å². The zero-order valence-corrected chi connectivity index (χ0v) is 19.9. The minimum atomic E-state index is -3.06. The van der Waals surface area contributed by atoms with Gasteiger partial charge in [0.15, 0.2) is 0 Å². The van der Waals surface area contributed by atoms with E-state index in [0.29, 0.717) is 22.4 Å². The fourth-order valence-electron chi connectivity index (χ4n) is 4.31. The second kappa shape index (κ2) is 9.26. The molecule has 0 bridgehead atoms. The minimum absolute atomic E-state index is 0.209. The molecular formula is C26H22ClF2N3O3. The smallest absolute Gasteiger partial charge is 0.388 e. The number of fused-ring (bicyclic) bond motifs is 1. The average Bonchev–Trinajstić information content (AvgIpc) is 3.54. The van der Waals surface area contributed by atoms with Crippen molar-refractivity contribution in [2.45, 2.75) is 45.6 Å². The van der Waals surface area contributed by atoms with Gasteiger partial charge in [0.2, 0.25) is 5.88 Å². The monoisotopic (exact) mass is 497 g/mol. The predicted octanol–water partition coefficient (Wildman–Crippen LogP) is 6.38. The summed E-state index contributed by atoms with van der Waals surface area (Å²) in [4.78, 5) is 15.9. The number of aromatic nitrogens is 3. The van der Waals surface area contributed by atoms with Crippen LogP contribution in [0.25, 0.3) is 16.6 Å². The molecule has 2 aromatic carbocycles. The highest BCUT2D eigenvalue weighted by molar-refractivity contribution is 6.35. The van der Waals surface area contributed by atoms with Crippen molar-refractivity contribution in [1.82, 2.24) is 14.8 Å². The third-order valence-corrected chi connectivity index (χ3v) is 6.38. The van der Waals surface area contributed by atoms with Crippen molar-refractivity contribution in [3.8, 4) is 17.3 Å². The molecule has 0 saturated heterocycles. The van der Waals surface area contributed by atoms with Crippen LogP contribution in [0.1, 0.15) is 48.1 Å². The van der Waals surface area contributed by atoms with Crippen molar-refractivity contribution in [2.75, 3.05) is 0 Å². The van der Waals surface area contributed by atoms with E-state index in [1.807, 2.05) is 35.0 Å². The summed E-state index contributed by atoms with van der Waals surface area (Å²) in [7, 11) is 0. The lowest BCUT2D eigenvalue weighted by Crippen LogP contribution is -2.10. The molecule has 9 heteroatoms. The van der Waals surface area contributed by atoms with Crippen LogP contribution in [0.15, 0.2) is 48.7 Å². The maximum atomic E-state index is 13.3. The molecule has 0 atom stereocenters. The van der Waals surface area contributed by atoms with E-state index in [9.17, 15) is 13.6 Å². The van der Waals surface area contributed by atoms with Gasteiger partial charge in [-0.05, 0) is 61.2 Å². The van der Waals surface area contributed by atoms with E-state index in [1.165, 1.54) is 31.5 Å². The standard InChI is InChI=1S/C26H22ClF2N3O3/c1-14-19(13-16-3-7-18(8-4-16)32-21(11-12-30-32)17-5-6-17)25(35-26(28)29)31-24-20(27)9-10-22(23(14)24)34-15(2)33/h3-4,7-12,17,26H,5-6,13H2,1-2H3. The number of nitrogens with zero attached hydrogens (tertiary/aromatic N) is 3. The van der Waals surface area contributed by atoms with Crippen LogP contribution < -0.4 is 9.47 Å². The Balaban J connectivity index is 1.56. The fraction of sp³-hybridized carbons (Fsp3) is 0.269. The second-order valence-corrected chi connectivity index (χ2v) is 8.95. The number of hydrogen-bond acceptors (Lipinski definition) is 5. The largest absolute Gasteiger partial charge is 0.426 e. The Kier molecular flexibility index (Phi) is 6.15. The molecule has 5 rings (SSSR count). The topological polar surface area (TPSA) is 66.2 Å². The number of alkyl halides is 2. The van der Waals surface area contributed by atoms with Gasteiger partial charge >= 0.3 is 12.6 Å². The molecule has 1 aliphatic rings. The molecule has 0 radical (unpaired) electrons. The second-order valence-electron chi connectivity index (χ2n) is 8.55. The molecule has 35 heavy (non-hydrogen) atoms. The van der Waals surface area contributed by atoms with Crippen molar-refractivity contribution < 1.29 is 23.0 Å². The van der Waals surface area contributed by atoms with Crippen molar-refractivity contribution in [3.63, 3.8) is 0 Å². The van der Waals surface area contributed by atoms with E-state index in [4.69, 9.17) is 21.1 Å². The number of aryl methyl sites for hydroxylation is 1. The van der Waals surface area contributed by atoms with Gasteiger partial charge in [0.25, 0.3) is 0 Å². The molecule has 6 nitrogen and oxygen atoms in total. The lowest BCUT2D eigenvalue weighted by Gasteiger charge is -2.17. The first-order valence-corrected chi connectivity index (χ1v) is 11.6. The summed E-state index contributed by atoms with van der Waals surface area (Å²) < 4.78 is 38.6. The normalized spacial score (nSPS) is 13.4. The van der Waals surface area contributed by atoms with Crippen LogP contribution in [-0.2, 0) is 11.2 Å². The van der Waals surface area contributed by atoms with Gasteiger partial charge in [-0.2, -0.15) is 13.9 Å². The zero-order valence-electron chi connectivity index (χ0n) is 19.1. The SMILES string of the molecule is CC(=O)Oc1ccc(Cl)c2nc(OC(F)F)c(Cc3ccc(-n4nccc4C4CC4)cc3)c(C)c12. The van der Waals surface area contributed by atoms with E-state index in [2.05, 4.69) is 10.1 Å². The predicted molar refractivity (Wildman–Crippen MR) is 128 cm³/mol. The lowest BCUT2D eigenvalue weighted by atomic mass is 9.97. The Morgan fingerprint density at radius 3 is 2.57 bits per heavy atom. The van der Waals surface area contributed by atoms with Gasteiger partial charge in [-0.3, -0.25) is 4.79 Å². The van der Waals surface area contributed by atoms with Crippen LogP contribution in [0, 0.1) is 6.92 Å². The number of esters is 1. The van der Waals surface area contributed by atoms with Gasteiger partial charge < -0.3 is 9.47 Å². The van der Waals surface area contributed by atoms with Crippen molar-refractivity contribution in [3.05, 3.63) is 76.1 Å². The first-order chi connectivity index (χ1) is 16.8. The number of rotatable bonds is 7. The first-order valence-electron chi connectivity index (χ1n) is 11.2. The molecule has 2 heterocycles. The Labute approximate surface area is 205 Å². The number of hydrogen-bond donors (Lipinski definition) is 0. The van der Waals surface area contributed by atoms with Crippen molar-refractivity contribution >= 4 is 28.5 Å². The van der Waals surface area contributed by atoms with Gasteiger partial charge in [-0.25, -0.2) is 9.67 Å². The summed E-state index contributed by atoms with van der Waals surface area (Å²) in [5.74, 6) is 0.0884. The molecule has 0 amide bonds. The number of halogens is 3. The molecule has 0 aliphatic heterocycles. The van der Waals surface area contributed by atoms with Gasteiger partial charge in [0.1, 0.15) is 5.75 Å². The minimum Gasteiger partial charge on any atom is -0.426 e. The summed E-state index contributed by atoms with van der Waals surface area (Å²) in [5.41, 5.74) is 4.27. The molecule has 2 aromatic heterocycles. The molecule has 4 aromatic rings. The molecule has 180 valence electrons. The zero-order chi connectivity index (χ0) is 24.7. The fourth-order valence-corrected chi connectivity index (χ4v) is 4.51. The number of ether oxygens (including phenoxy) is 2. The van der Waals surface area contributed by atoms with E-state index in [1.54, 1.807) is 19.2 Å². The van der Waals surface area contributed by atoms with Gasteiger partial charge in [-0.1, -0.05) is 23.7 Å². The van der Waals surface area contributed by atoms with Crippen LogP contribution >= 0.6 is 11.6 Å². The maximum absolute atomic E-state index is 13.3. The number of carbonyl (C=O) groups is 1. The van der Waals surface area contributed by atoms with E-state index < -0.39 is 12.6 Å². The van der Waals surface area contributed by atoms with Gasteiger partial charge in [0.05, 0.1) is 16.2 Å². The van der Waals surface area contributed by atoms with Crippen molar-refractivity contribution in [2.24, 2.45) is 0 Å². The van der Waals surface area contributed by atoms with Crippen LogP contribution in [0.5, 0.6) is 11.6 Å². The number of benzene rings is 2. The summed E-state index contributed by atoms with van der Waals surface area (Å²) in [6.45, 7) is -0.0218. The lowest BCUT2D eigenvalue weighted by molar-refractivity contribution is -0.131. The Morgan fingerprint density at radius 1 is 1.17 bits per heavy atom. The quantitative estimate of drug-likeness (QED) is 0.219. The summed E-state index contributed by atoms with van der Waals surface area (Å²) >= 11 is 6.31. The van der Waals surface area contributed by atoms with Crippen molar-refractivity contribution in [1.29, 1.82) is 0 Å². The molecule has 0 N–H and O–H groups in total. The molecule has 1 aliphatic carbocycles. The number of carbonyl (C=O) groups excluding carboxylic acids is 1. The average molecular weight is 498 g/mol. The maximum Gasteiger partial charge on any atom is 0.388 e. The molecule has 0 unspecified atom stereocenters. The summed E-state index contributed by atoms with van der Waals surface area (Å²) in [6, 6.07) is 12.9.